The van der Waals surface area contributed by atoms with Crippen LogP contribution < -0.4 is 5.32 Å². The SMILES string of the molecule is O=C(CSc1ccc([N+](=O)[O-])cc1)NCCc1ccccc1. The van der Waals surface area contributed by atoms with Crippen LogP contribution in [0.15, 0.2) is 59.5 Å². The Balaban J connectivity index is 1.70. The second-order valence-electron chi connectivity index (χ2n) is 4.63. The number of carbonyl (C=O) groups is 1. The summed E-state index contributed by atoms with van der Waals surface area (Å²) >= 11 is 1.36. The summed E-state index contributed by atoms with van der Waals surface area (Å²) in [6, 6.07) is 16.1. The molecule has 0 saturated carbocycles. The maximum Gasteiger partial charge on any atom is 0.269 e. The summed E-state index contributed by atoms with van der Waals surface area (Å²) in [5.41, 5.74) is 1.24. The van der Waals surface area contributed by atoms with Gasteiger partial charge < -0.3 is 5.32 Å². The summed E-state index contributed by atoms with van der Waals surface area (Å²) in [5.74, 6) is 0.256. The Labute approximate surface area is 132 Å². The molecule has 0 radical (unpaired) electrons. The van der Waals surface area contributed by atoms with Crippen molar-refractivity contribution in [2.75, 3.05) is 12.3 Å². The highest BCUT2D eigenvalue weighted by Gasteiger charge is 2.06. The van der Waals surface area contributed by atoms with Crippen LogP contribution in [0.1, 0.15) is 5.56 Å². The molecule has 2 aromatic rings. The monoisotopic (exact) mass is 316 g/mol. The molecule has 0 aliphatic rings. The van der Waals surface area contributed by atoms with Gasteiger partial charge in [-0.3, -0.25) is 14.9 Å². The van der Waals surface area contributed by atoms with E-state index in [1.807, 2.05) is 30.3 Å². The van der Waals surface area contributed by atoms with E-state index in [-0.39, 0.29) is 11.6 Å². The van der Waals surface area contributed by atoms with Crippen LogP contribution in [0.3, 0.4) is 0 Å². The number of benzene rings is 2. The molecule has 1 amide bonds. The normalized spacial score (nSPS) is 10.2. The van der Waals surface area contributed by atoms with Gasteiger partial charge in [0.2, 0.25) is 5.91 Å². The van der Waals surface area contributed by atoms with Gasteiger partial charge in [0.15, 0.2) is 0 Å². The third-order valence-corrected chi connectivity index (χ3v) is 4.01. The van der Waals surface area contributed by atoms with E-state index in [0.29, 0.717) is 12.3 Å². The number of hydrogen-bond acceptors (Lipinski definition) is 4. The van der Waals surface area contributed by atoms with Gasteiger partial charge in [0, 0.05) is 23.6 Å². The van der Waals surface area contributed by atoms with Crippen molar-refractivity contribution in [1.82, 2.24) is 5.32 Å². The van der Waals surface area contributed by atoms with Crippen LogP contribution in [-0.2, 0) is 11.2 Å². The first-order valence-electron chi connectivity index (χ1n) is 6.83. The quantitative estimate of drug-likeness (QED) is 0.484. The summed E-state index contributed by atoms with van der Waals surface area (Å²) in [7, 11) is 0. The number of rotatable bonds is 7. The van der Waals surface area contributed by atoms with Crippen LogP contribution >= 0.6 is 11.8 Å². The van der Waals surface area contributed by atoms with Crippen molar-refractivity contribution < 1.29 is 9.72 Å². The Morgan fingerprint density at radius 2 is 1.77 bits per heavy atom. The lowest BCUT2D eigenvalue weighted by Crippen LogP contribution is -2.27. The maximum absolute atomic E-state index is 11.7. The number of hydrogen-bond donors (Lipinski definition) is 1. The summed E-state index contributed by atoms with van der Waals surface area (Å²) in [5, 5.41) is 13.4. The summed E-state index contributed by atoms with van der Waals surface area (Å²) in [4.78, 5) is 22.7. The largest absolute Gasteiger partial charge is 0.355 e. The Kier molecular flexibility index (Phi) is 5.97. The highest BCUT2D eigenvalue weighted by Crippen LogP contribution is 2.20. The van der Waals surface area contributed by atoms with E-state index in [1.54, 1.807) is 12.1 Å². The zero-order chi connectivity index (χ0) is 15.8. The molecule has 2 rings (SSSR count). The lowest BCUT2D eigenvalue weighted by atomic mass is 10.1. The van der Waals surface area contributed by atoms with Gasteiger partial charge >= 0.3 is 0 Å². The average molecular weight is 316 g/mol. The number of nitrogens with zero attached hydrogens (tertiary/aromatic N) is 1. The Hall–Kier alpha value is -2.34. The fourth-order valence-electron chi connectivity index (χ4n) is 1.85. The second-order valence-corrected chi connectivity index (χ2v) is 5.67. The lowest BCUT2D eigenvalue weighted by molar-refractivity contribution is -0.384. The number of nitro groups is 1. The van der Waals surface area contributed by atoms with E-state index in [9.17, 15) is 14.9 Å². The third-order valence-electron chi connectivity index (χ3n) is 3.00. The van der Waals surface area contributed by atoms with Gasteiger partial charge in [-0.2, -0.15) is 0 Å². The van der Waals surface area contributed by atoms with Crippen LogP contribution in [0.2, 0.25) is 0 Å². The lowest BCUT2D eigenvalue weighted by Gasteiger charge is -2.05. The topological polar surface area (TPSA) is 72.2 Å². The maximum atomic E-state index is 11.7. The molecule has 0 spiro atoms. The van der Waals surface area contributed by atoms with E-state index in [1.165, 1.54) is 29.5 Å². The molecule has 0 saturated heterocycles. The fourth-order valence-corrected chi connectivity index (χ4v) is 2.58. The Morgan fingerprint density at radius 3 is 2.41 bits per heavy atom. The fraction of sp³-hybridized carbons (Fsp3) is 0.188. The molecule has 2 aromatic carbocycles. The third kappa shape index (κ3) is 5.21. The molecule has 0 aliphatic heterocycles. The van der Waals surface area contributed by atoms with Crippen LogP contribution in [0.5, 0.6) is 0 Å². The number of amides is 1. The summed E-state index contributed by atoms with van der Waals surface area (Å²) in [6.45, 7) is 0.601. The van der Waals surface area contributed by atoms with Crippen molar-refractivity contribution in [3.8, 4) is 0 Å². The highest BCUT2D eigenvalue weighted by molar-refractivity contribution is 8.00. The van der Waals surface area contributed by atoms with Crippen molar-refractivity contribution in [3.05, 3.63) is 70.3 Å². The van der Waals surface area contributed by atoms with E-state index < -0.39 is 4.92 Å². The first-order valence-corrected chi connectivity index (χ1v) is 7.81. The summed E-state index contributed by atoms with van der Waals surface area (Å²) in [6.07, 6.45) is 0.800. The highest BCUT2D eigenvalue weighted by atomic mass is 32.2. The van der Waals surface area contributed by atoms with E-state index in [0.717, 1.165) is 11.3 Å². The van der Waals surface area contributed by atoms with Crippen LogP contribution in [0.25, 0.3) is 0 Å². The van der Waals surface area contributed by atoms with Gasteiger partial charge in [-0.1, -0.05) is 30.3 Å². The van der Waals surface area contributed by atoms with Gasteiger partial charge in [-0.15, -0.1) is 11.8 Å². The number of carbonyl (C=O) groups excluding carboxylic acids is 1. The predicted molar refractivity (Wildman–Crippen MR) is 87.0 cm³/mol. The van der Waals surface area contributed by atoms with E-state index in [4.69, 9.17) is 0 Å². The van der Waals surface area contributed by atoms with Crippen molar-refractivity contribution in [2.24, 2.45) is 0 Å². The number of nitrogens with one attached hydrogen (secondary N) is 1. The van der Waals surface area contributed by atoms with Gasteiger partial charge in [-0.05, 0) is 24.1 Å². The molecule has 0 aromatic heterocycles. The number of non-ortho nitro benzene ring substituents is 1. The predicted octanol–water partition coefficient (Wildman–Crippen LogP) is 3.05. The van der Waals surface area contributed by atoms with E-state index in [2.05, 4.69) is 5.32 Å². The molecular formula is C16H16N2O3S. The number of thioether (sulfide) groups is 1. The minimum atomic E-state index is -0.440. The Morgan fingerprint density at radius 1 is 1.09 bits per heavy atom. The molecular weight excluding hydrogens is 300 g/mol. The van der Waals surface area contributed by atoms with Crippen molar-refractivity contribution in [1.29, 1.82) is 0 Å². The van der Waals surface area contributed by atoms with Gasteiger partial charge in [0.05, 0.1) is 10.7 Å². The molecule has 6 heteroatoms. The van der Waals surface area contributed by atoms with Crippen LogP contribution in [-0.4, -0.2) is 23.1 Å². The zero-order valence-electron chi connectivity index (χ0n) is 11.9. The molecule has 0 fully saturated rings. The molecule has 22 heavy (non-hydrogen) atoms. The average Bonchev–Trinajstić information content (AvgIpc) is 2.54. The minimum absolute atomic E-state index is 0.0423. The smallest absolute Gasteiger partial charge is 0.269 e. The Bertz CT molecular complexity index is 630. The molecule has 0 unspecified atom stereocenters. The van der Waals surface area contributed by atoms with Crippen LogP contribution in [0.4, 0.5) is 5.69 Å². The minimum Gasteiger partial charge on any atom is -0.355 e. The first kappa shape index (κ1) is 16.0. The van der Waals surface area contributed by atoms with Gasteiger partial charge in [0.25, 0.3) is 5.69 Å². The molecule has 0 bridgehead atoms. The standard InChI is InChI=1S/C16H16N2O3S/c19-16(17-11-10-13-4-2-1-3-5-13)12-22-15-8-6-14(7-9-15)18(20)21/h1-9H,10-12H2,(H,17,19). The van der Waals surface area contributed by atoms with Crippen molar-refractivity contribution in [3.63, 3.8) is 0 Å². The van der Waals surface area contributed by atoms with E-state index >= 15 is 0 Å². The van der Waals surface area contributed by atoms with Crippen molar-refractivity contribution >= 4 is 23.4 Å². The van der Waals surface area contributed by atoms with Crippen molar-refractivity contribution in [2.45, 2.75) is 11.3 Å². The van der Waals surface area contributed by atoms with Gasteiger partial charge in [0.1, 0.15) is 0 Å². The van der Waals surface area contributed by atoms with Crippen LogP contribution in [0, 0.1) is 10.1 Å². The molecule has 114 valence electrons. The molecule has 1 N–H and O–H groups in total. The summed E-state index contributed by atoms with van der Waals surface area (Å²) < 4.78 is 0. The zero-order valence-corrected chi connectivity index (χ0v) is 12.7. The number of nitro benzene ring substituents is 1. The first-order chi connectivity index (χ1) is 10.6. The van der Waals surface area contributed by atoms with Gasteiger partial charge in [-0.25, -0.2) is 0 Å². The molecule has 0 atom stereocenters. The molecule has 5 nitrogen and oxygen atoms in total. The molecule has 0 heterocycles. The molecule has 0 aliphatic carbocycles. The second kappa shape index (κ2) is 8.19.